The van der Waals surface area contributed by atoms with E-state index in [-0.39, 0.29) is 12.0 Å². The Morgan fingerprint density at radius 1 is 1.77 bits per heavy atom. The molecular weight excluding hydrogens is 236 g/mol. The lowest BCUT2D eigenvalue weighted by Crippen LogP contribution is -2.18. The molecule has 0 saturated heterocycles. The molecule has 1 unspecified atom stereocenters. The van der Waals surface area contributed by atoms with Crippen molar-refractivity contribution in [2.24, 2.45) is 0 Å². The quantitative estimate of drug-likeness (QED) is 0.747. The largest absolute Gasteiger partial charge is 0.467 e. The first kappa shape index (κ1) is 10.2. The second-order valence-corrected chi connectivity index (χ2v) is 3.60. The highest BCUT2D eigenvalue weighted by atomic mass is 79.9. The number of nitrogens with zero attached hydrogens (tertiary/aromatic N) is 2. The van der Waals surface area contributed by atoms with E-state index < -0.39 is 0 Å². The van der Waals surface area contributed by atoms with Gasteiger partial charge in [-0.05, 0) is 29.8 Å². The predicted octanol–water partition coefficient (Wildman–Crippen LogP) is 1.69. The average Bonchev–Trinajstić information content (AvgIpc) is 2.44. The normalized spacial score (nSPS) is 12.6. The van der Waals surface area contributed by atoms with Gasteiger partial charge in [-0.25, -0.2) is 4.79 Å². The summed E-state index contributed by atoms with van der Waals surface area (Å²) in [5.41, 5.74) is 0.857. The van der Waals surface area contributed by atoms with Crippen LogP contribution < -0.4 is 0 Å². The molecule has 0 N–H and O–H groups in total. The van der Waals surface area contributed by atoms with Crippen LogP contribution in [0.4, 0.5) is 0 Å². The molecule has 0 aromatic carbocycles. The second kappa shape index (κ2) is 3.91. The van der Waals surface area contributed by atoms with Crippen molar-refractivity contribution in [1.29, 1.82) is 0 Å². The van der Waals surface area contributed by atoms with Gasteiger partial charge >= 0.3 is 5.97 Å². The summed E-state index contributed by atoms with van der Waals surface area (Å²) < 4.78 is 7.07. The fourth-order valence-corrected chi connectivity index (χ4v) is 1.23. The third-order valence-corrected chi connectivity index (χ3v) is 2.57. The van der Waals surface area contributed by atoms with E-state index >= 15 is 0 Å². The van der Waals surface area contributed by atoms with Gasteiger partial charge in [-0.15, -0.1) is 0 Å². The Balaban J connectivity index is 2.89. The highest BCUT2D eigenvalue weighted by Crippen LogP contribution is 2.16. The van der Waals surface area contributed by atoms with Gasteiger partial charge < -0.3 is 4.74 Å². The molecule has 1 atom stereocenters. The summed E-state index contributed by atoms with van der Waals surface area (Å²) in [5, 5.41) is 4.15. The number of hydrogen-bond acceptors (Lipinski definition) is 3. The number of rotatable bonds is 2. The number of hydrogen-bond donors (Lipinski definition) is 0. The van der Waals surface area contributed by atoms with E-state index in [9.17, 15) is 4.79 Å². The third kappa shape index (κ3) is 2.09. The van der Waals surface area contributed by atoms with Gasteiger partial charge in [0.05, 0.1) is 17.3 Å². The molecule has 0 bridgehead atoms. The van der Waals surface area contributed by atoms with Gasteiger partial charge in [0.15, 0.2) is 0 Å². The van der Waals surface area contributed by atoms with Crippen molar-refractivity contribution in [1.82, 2.24) is 9.78 Å². The SMILES string of the molecule is COC(=O)C(C)n1cc(Br)c(C)n1. The first-order valence-electron chi connectivity index (χ1n) is 3.85. The Bertz CT molecular complexity index is 302. The van der Waals surface area contributed by atoms with Crippen LogP contribution in [0.3, 0.4) is 0 Å². The second-order valence-electron chi connectivity index (χ2n) is 2.74. The zero-order valence-corrected chi connectivity index (χ0v) is 9.33. The maximum atomic E-state index is 11.1. The fourth-order valence-electron chi connectivity index (χ4n) is 0.936. The van der Waals surface area contributed by atoms with Crippen LogP contribution in [-0.4, -0.2) is 22.9 Å². The first-order chi connectivity index (χ1) is 6.06. The van der Waals surface area contributed by atoms with E-state index in [1.807, 2.05) is 6.92 Å². The van der Waals surface area contributed by atoms with Gasteiger partial charge in [-0.2, -0.15) is 5.10 Å². The van der Waals surface area contributed by atoms with Crippen molar-refractivity contribution < 1.29 is 9.53 Å². The van der Waals surface area contributed by atoms with Crippen LogP contribution in [0.15, 0.2) is 10.7 Å². The maximum Gasteiger partial charge on any atom is 0.330 e. The number of carbonyl (C=O) groups excluding carboxylic acids is 1. The molecule has 1 aromatic heterocycles. The summed E-state index contributed by atoms with van der Waals surface area (Å²) in [7, 11) is 1.37. The van der Waals surface area contributed by atoms with E-state index in [2.05, 4.69) is 25.8 Å². The third-order valence-electron chi connectivity index (χ3n) is 1.80. The van der Waals surface area contributed by atoms with Gasteiger partial charge in [0, 0.05) is 6.20 Å². The number of ether oxygens (including phenoxy) is 1. The molecular formula is C8H11BrN2O2. The summed E-state index contributed by atoms with van der Waals surface area (Å²) in [6.07, 6.45) is 1.76. The molecule has 0 amide bonds. The number of esters is 1. The molecule has 0 fully saturated rings. The summed E-state index contributed by atoms with van der Waals surface area (Å²) >= 11 is 3.32. The number of aromatic nitrogens is 2. The predicted molar refractivity (Wildman–Crippen MR) is 51.4 cm³/mol. The van der Waals surface area contributed by atoms with Crippen molar-refractivity contribution >= 4 is 21.9 Å². The molecule has 1 heterocycles. The van der Waals surface area contributed by atoms with Crippen molar-refractivity contribution in [3.05, 3.63) is 16.4 Å². The van der Waals surface area contributed by atoms with Crippen molar-refractivity contribution in [3.8, 4) is 0 Å². The summed E-state index contributed by atoms with van der Waals surface area (Å²) in [5.74, 6) is -0.296. The summed E-state index contributed by atoms with van der Waals surface area (Å²) in [4.78, 5) is 11.1. The van der Waals surface area contributed by atoms with Crippen molar-refractivity contribution in [3.63, 3.8) is 0 Å². The molecule has 13 heavy (non-hydrogen) atoms. The van der Waals surface area contributed by atoms with Gasteiger partial charge in [0.2, 0.25) is 0 Å². The monoisotopic (exact) mass is 246 g/mol. The Morgan fingerprint density at radius 2 is 2.38 bits per heavy atom. The van der Waals surface area contributed by atoms with Crippen LogP contribution in [0.2, 0.25) is 0 Å². The molecule has 0 saturated carbocycles. The average molecular weight is 247 g/mol. The summed E-state index contributed by atoms with van der Waals surface area (Å²) in [6.45, 7) is 3.61. The van der Waals surface area contributed by atoms with E-state index in [4.69, 9.17) is 0 Å². The Morgan fingerprint density at radius 3 is 2.77 bits per heavy atom. The Hall–Kier alpha value is -0.840. The minimum Gasteiger partial charge on any atom is -0.467 e. The summed E-state index contributed by atoms with van der Waals surface area (Å²) in [6, 6.07) is -0.380. The molecule has 0 radical (unpaired) electrons. The number of halogens is 1. The van der Waals surface area contributed by atoms with Gasteiger partial charge in [0.25, 0.3) is 0 Å². The lowest BCUT2D eigenvalue weighted by atomic mass is 10.3. The van der Waals surface area contributed by atoms with E-state index in [0.717, 1.165) is 10.2 Å². The molecule has 0 aliphatic heterocycles. The molecule has 1 rings (SSSR count). The van der Waals surface area contributed by atoms with E-state index in [1.54, 1.807) is 17.8 Å². The van der Waals surface area contributed by atoms with E-state index in [1.165, 1.54) is 7.11 Å². The van der Waals surface area contributed by atoms with Crippen molar-refractivity contribution in [2.45, 2.75) is 19.9 Å². The van der Waals surface area contributed by atoms with Crippen LogP contribution in [0, 0.1) is 6.92 Å². The Labute approximate surface area is 85.0 Å². The zero-order valence-electron chi connectivity index (χ0n) is 7.74. The highest BCUT2D eigenvalue weighted by Gasteiger charge is 2.16. The van der Waals surface area contributed by atoms with Crippen LogP contribution in [-0.2, 0) is 9.53 Å². The lowest BCUT2D eigenvalue weighted by Gasteiger charge is -2.08. The molecule has 0 aliphatic rings. The molecule has 5 heteroatoms. The highest BCUT2D eigenvalue weighted by molar-refractivity contribution is 9.10. The van der Waals surface area contributed by atoms with Gasteiger partial charge in [0.1, 0.15) is 6.04 Å². The molecule has 4 nitrogen and oxygen atoms in total. The number of methoxy groups -OCH3 is 1. The first-order valence-corrected chi connectivity index (χ1v) is 4.64. The number of aryl methyl sites for hydroxylation is 1. The standard InChI is InChI=1S/C8H11BrN2O2/c1-5-7(9)4-11(10-5)6(2)8(12)13-3/h4,6H,1-3H3. The van der Waals surface area contributed by atoms with Crippen LogP contribution >= 0.6 is 15.9 Å². The molecule has 1 aromatic rings. The van der Waals surface area contributed by atoms with E-state index in [0.29, 0.717) is 0 Å². The molecule has 72 valence electrons. The minimum atomic E-state index is -0.380. The maximum absolute atomic E-state index is 11.1. The van der Waals surface area contributed by atoms with Gasteiger partial charge in [-0.3, -0.25) is 4.68 Å². The van der Waals surface area contributed by atoms with Crippen LogP contribution in [0.1, 0.15) is 18.7 Å². The Kier molecular flexibility index (Phi) is 3.08. The zero-order chi connectivity index (χ0) is 10.0. The molecule has 0 spiro atoms. The number of carbonyl (C=O) groups is 1. The topological polar surface area (TPSA) is 44.1 Å². The fraction of sp³-hybridized carbons (Fsp3) is 0.500. The minimum absolute atomic E-state index is 0.296. The lowest BCUT2D eigenvalue weighted by molar-refractivity contribution is -0.144. The smallest absolute Gasteiger partial charge is 0.330 e. The molecule has 0 aliphatic carbocycles. The van der Waals surface area contributed by atoms with Crippen LogP contribution in [0.25, 0.3) is 0 Å². The van der Waals surface area contributed by atoms with Crippen molar-refractivity contribution in [2.75, 3.05) is 7.11 Å². The van der Waals surface area contributed by atoms with Gasteiger partial charge in [-0.1, -0.05) is 0 Å². The van der Waals surface area contributed by atoms with Crippen LogP contribution in [0.5, 0.6) is 0 Å².